The third-order valence-corrected chi connectivity index (χ3v) is 3.99. The predicted molar refractivity (Wildman–Crippen MR) is 73.3 cm³/mol. The summed E-state index contributed by atoms with van der Waals surface area (Å²) < 4.78 is 0. The Morgan fingerprint density at radius 2 is 1.90 bits per heavy atom. The molecule has 2 bridgehead atoms. The van der Waals surface area contributed by atoms with Crippen molar-refractivity contribution in [1.82, 2.24) is 5.06 Å². The second-order valence-electron chi connectivity index (χ2n) is 5.20. The van der Waals surface area contributed by atoms with E-state index in [9.17, 15) is 9.59 Å². The Labute approximate surface area is 118 Å². The fraction of sp³-hybridized carbons (Fsp3) is 0.375. The molecule has 1 heterocycles. The summed E-state index contributed by atoms with van der Waals surface area (Å²) in [7, 11) is 0. The minimum absolute atomic E-state index is 0.0736. The second kappa shape index (κ2) is 5.21. The smallest absolute Gasteiger partial charge is 0.251 e. The number of nitrogens with zero attached hydrogens (tertiary/aromatic N) is 1. The van der Waals surface area contributed by atoms with Crippen molar-refractivity contribution in [3.8, 4) is 0 Å². The average Bonchev–Trinajstić information content (AvgIpc) is 2.77. The standard InChI is InChI=1S/C16H17NO3/c1-2-12-13-8-9-14(15(13)18)17(16(12)19)20-10-11-6-4-3-5-7-11/h3-9,12-14H,2,10H2,1H3. The van der Waals surface area contributed by atoms with Gasteiger partial charge in [-0.2, -0.15) is 0 Å². The number of amides is 1. The second-order valence-corrected chi connectivity index (χ2v) is 5.20. The molecule has 0 radical (unpaired) electrons. The lowest BCUT2D eigenvalue weighted by Gasteiger charge is -2.35. The van der Waals surface area contributed by atoms with E-state index in [1.165, 1.54) is 5.06 Å². The molecule has 2 aliphatic rings. The quantitative estimate of drug-likeness (QED) is 0.788. The van der Waals surface area contributed by atoms with Crippen LogP contribution >= 0.6 is 0 Å². The maximum Gasteiger partial charge on any atom is 0.251 e. The molecule has 4 nitrogen and oxygen atoms in total. The number of carbonyl (C=O) groups is 2. The first-order valence-electron chi connectivity index (χ1n) is 6.94. The largest absolute Gasteiger partial charge is 0.296 e. The van der Waals surface area contributed by atoms with Crippen molar-refractivity contribution in [2.75, 3.05) is 0 Å². The first-order valence-corrected chi connectivity index (χ1v) is 6.94. The molecule has 1 aromatic carbocycles. The Hall–Kier alpha value is -1.94. The molecule has 0 aromatic heterocycles. The highest BCUT2D eigenvalue weighted by Crippen LogP contribution is 2.35. The van der Waals surface area contributed by atoms with Crippen molar-refractivity contribution in [3.63, 3.8) is 0 Å². The monoisotopic (exact) mass is 271 g/mol. The van der Waals surface area contributed by atoms with Gasteiger partial charge in [0, 0.05) is 0 Å². The minimum atomic E-state index is -0.543. The van der Waals surface area contributed by atoms with Gasteiger partial charge in [0.2, 0.25) is 0 Å². The number of hydrogen-bond donors (Lipinski definition) is 0. The highest BCUT2D eigenvalue weighted by atomic mass is 16.7. The predicted octanol–water partition coefficient (Wildman–Crippen LogP) is 2.11. The molecular formula is C16H17NO3. The van der Waals surface area contributed by atoms with Gasteiger partial charge in [0.25, 0.3) is 5.91 Å². The molecule has 3 atom stereocenters. The van der Waals surface area contributed by atoms with E-state index < -0.39 is 6.04 Å². The van der Waals surface area contributed by atoms with Gasteiger partial charge in [-0.25, -0.2) is 5.06 Å². The van der Waals surface area contributed by atoms with Crippen molar-refractivity contribution in [2.24, 2.45) is 11.8 Å². The van der Waals surface area contributed by atoms with Gasteiger partial charge in [0.1, 0.15) is 12.6 Å². The summed E-state index contributed by atoms with van der Waals surface area (Å²) in [6.45, 7) is 2.23. The van der Waals surface area contributed by atoms with Crippen LogP contribution < -0.4 is 0 Å². The topological polar surface area (TPSA) is 46.6 Å². The molecule has 1 aliphatic heterocycles. The minimum Gasteiger partial charge on any atom is -0.296 e. The van der Waals surface area contributed by atoms with Gasteiger partial charge >= 0.3 is 0 Å². The molecule has 20 heavy (non-hydrogen) atoms. The maximum absolute atomic E-state index is 12.4. The van der Waals surface area contributed by atoms with Crippen molar-refractivity contribution in [3.05, 3.63) is 48.0 Å². The number of benzene rings is 1. The van der Waals surface area contributed by atoms with Crippen molar-refractivity contribution in [1.29, 1.82) is 0 Å². The zero-order valence-electron chi connectivity index (χ0n) is 11.4. The summed E-state index contributed by atoms with van der Waals surface area (Å²) in [5.74, 6) is -0.546. The number of carbonyl (C=O) groups excluding carboxylic acids is 2. The van der Waals surface area contributed by atoms with Crippen molar-refractivity contribution < 1.29 is 14.4 Å². The number of rotatable bonds is 4. The first kappa shape index (κ1) is 13.1. The van der Waals surface area contributed by atoms with Crippen LogP contribution in [0.15, 0.2) is 42.5 Å². The lowest BCUT2D eigenvalue weighted by molar-refractivity contribution is -0.212. The molecule has 3 rings (SSSR count). The van der Waals surface area contributed by atoms with Crippen molar-refractivity contribution in [2.45, 2.75) is 26.0 Å². The Morgan fingerprint density at radius 3 is 2.60 bits per heavy atom. The summed E-state index contributed by atoms with van der Waals surface area (Å²) in [5.41, 5.74) is 0.977. The van der Waals surface area contributed by atoms with E-state index >= 15 is 0 Å². The Kier molecular flexibility index (Phi) is 3.40. The van der Waals surface area contributed by atoms with Gasteiger partial charge in [0.05, 0.1) is 11.8 Å². The lowest BCUT2D eigenvalue weighted by atomic mass is 9.84. The van der Waals surface area contributed by atoms with Gasteiger partial charge < -0.3 is 0 Å². The van der Waals surface area contributed by atoms with Crippen LogP contribution in [0.25, 0.3) is 0 Å². The molecule has 0 saturated carbocycles. The van der Waals surface area contributed by atoms with Gasteiger partial charge in [-0.3, -0.25) is 14.4 Å². The van der Waals surface area contributed by atoms with Crippen LogP contribution in [0.3, 0.4) is 0 Å². The molecule has 1 saturated heterocycles. The summed E-state index contributed by atoms with van der Waals surface area (Å²) in [6, 6.07) is 9.09. The van der Waals surface area contributed by atoms with Crippen LogP contribution in [0.4, 0.5) is 0 Å². The van der Waals surface area contributed by atoms with Gasteiger partial charge in [-0.05, 0) is 12.0 Å². The Balaban J connectivity index is 1.76. The van der Waals surface area contributed by atoms with Crippen molar-refractivity contribution >= 4 is 11.7 Å². The number of hydroxylamine groups is 2. The highest BCUT2D eigenvalue weighted by molar-refractivity contribution is 6.02. The molecule has 104 valence electrons. The van der Waals surface area contributed by atoms with E-state index in [1.54, 1.807) is 6.08 Å². The van der Waals surface area contributed by atoms with Crippen LogP contribution in [0, 0.1) is 11.8 Å². The fourth-order valence-corrected chi connectivity index (χ4v) is 2.88. The van der Waals surface area contributed by atoms with E-state index in [1.807, 2.05) is 43.3 Å². The number of ketones is 1. The lowest BCUT2D eigenvalue weighted by Crippen LogP contribution is -2.53. The Bertz CT molecular complexity index is 552. The molecule has 0 spiro atoms. The van der Waals surface area contributed by atoms with Gasteiger partial charge in [0.15, 0.2) is 5.78 Å². The molecule has 1 aliphatic carbocycles. The fourth-order valence-electron chi connectivity index (χ4n) is 2.88. The third kappa shape index (κ3) is 2.06. The normalized spacial score (nSPS) is 28.2. The molecule has 1 fully saturated rings. The highest BCUT2D eigenvalue weighted by Gasteiger charge is 2.49. The molecular weight excluding hydrogens is 254 g/mol. The summed E-state index contributed by atoms with van der Waals surface area (Å²) in [4.78, 5) is 30.2. The van der Waals surface area contributed by atoms with E-state index in [-0.39, 0.29) is 23.5 Å². The van der Waals surface area contributed by atoms with Crippen LogP contribution in [0.1, 0.15) is 18.9 Å². The number of allylic oxidation sites excluding steroid dienone is 1. The summed E-state index contributed by atoms with van der Waals surface area (Å²) in [5, 5.41) is 1.27. The average molecular weight is 271 g/mol. The summed E-state index contributed by atoms with van der Waals surface area (Å²) >= 11 is 0. The maximum atomic E-state index is 12.4. The third-order valence-electron chi connectivity index (χ3n) is 3.99. The molecule has 0 N–H and O–H groups in total. The van der Waals surface area contributed by atoms with E-state index in [4.69, 9.17) is 4.84 Å². The van der Waals surface area contributed by atoms with Crippen LogP contribution in [0.5, 0.6) is 0 Å². The van der Waals surface area contributed by atoms with E-state index in [0.717, 1.165) is 5.56 Å². The molecule has 3 unspecified atom stereocenters. The Morgan fingerprint density at radius 1 is 1.15 bits per heavy atom. The first-order chi connectivity index (χ1) is 9.72. The zero-order valence-corrected chi connectivity index (χ0v) is 11.4. The van der Waals surface area contributed by atoms with Gasteiger partial charge in [-0.1, -0.05) is 49.4 Å². The molecule has 1 amide bonds. The molecule has 1 aromatic rings. The number of fused-ring (bicyclic) bond motifs is 2. The number of piperidine rings is 1. The SMILES string of the molecule is CCC1C(=O)N(OCc2ccccc2)C2C=CC1C2=O. The van der Waals surface area contributed by atoms with Crippen LogP contribution in [0.2, 0.25) is 0 Å². The summed E-state index contributed by atoms with van der Waals surface area (Å²) in [6.07, 6.45) is 4.29. The van der Waals surface area contributed by atoms with E-state index in [2.05, 4.69) is 0 Å². The molecule has 4 heteroatoms. The van der Waals surface area contributed by atoms with E-state index in [0.29, 0.717) is 13.0 Å². The van der Waals surface area contributed by atoms with Gasteiger partial charge in [-0.15, -0.1) is 0 Å². The zero-order chi connectivity index (χ0) is 14.1. The number of Topliss-reactive ketones (excluding diaryl/α,β-unsaturated/α-hetero) is 1. The van der Waals surface area contributed by atoms with Crippen LogP contribution in [-0.2, 0) is 21.0 Å². The number of hydrogen-bond acceptors (Lipinski definition) is 3. The van der Waals surface area contributed by atoms with Crippen LogP contribution in [-0.4, -0.2) is 22.8 Å².